The van der Waals surface area contributed by atoms with E-state index in [1.165, 1.54) is 4.90 Å². The first-order valence-corrected chi connectivity index (χ1v) is 11.5. The highest BCUT2D eigenvalue weighted by Gasteiger charge is 2.54. The smallest absolute Gasteiger partial charge is 0.335 e. The average molecular weight is 394 g/mol. The van der Waals surface area contributed by atoms with E-state index in [-0.39, 0.29) is 26.4 Å². The molecule has 1 aromatic rings. The van der Waals surface area contributed by atoms with Crippen LogP contribution < -0.4 is 4.90 Å². The Morgan fingerprint density at radius 3 is 1.68 bits per heavy atom. The topological polar surface area (TPSA) is 87.2 Å². The lowest BCUT2D eigenvalue weighted by Crippen LogP contribution is -2.35. The van der Waals surface area contributed by atoms with Gasteiger partial charge in [-0.25, -0.2) is 4.98 Å². The van der Waals surface area contributed by atoms with Crippen LogP contribution in [-0.2, 0) is 27.2 Å². The molecule has 0 N–H and O–H groups in total. The lowest BCUT2D eigenvalue weighted by Gasteiger charge is -2.37. The number of hydrogen-bond donors (Lipinski definition) is 0. The minimum absolute atomic E-state index is 0.127. The number of rotatable bonds is 12. The van der Waals surface area contributed by atoms with Crippen molar-refractivity contribution in [3.63, 3.8) is 0 Å². The van der Waals surface area contributed by atoms with Gasteiger partial charge in [0.15, 0.2) is 0 Å². The van der Waals surface area contributed by atoms with E-state index in [0.29, 0.717) is 5.82 Å². The SMILES string of the molecule is CCOP(=O)(OCC)C(N(C)c1ccccn1)P(=O)(OCC)OCC. The number of hydrogen-bond acceptors (Lipinski definition) is 8. The summed E-state index contributed by atoms with van der Waals surface area (Å²) in [7, 11) is -6.10. The van der Waals surface area contributed by atoms with E-state index in [1.54, 1.807) is 59.1 Å². The zero-order valence-electron chi connectivity index (χ0n) is 15.5. The number of anilines is 1. The summed E-state index contributed by atoms with van der Waals surface area (Å²) < 4.78 is 48.7. The van der Waals surface area contributed by atoms with Crippen LogP contribution in [0.5, 0.6) is 0 Å². The first-order valence-electron chi connectivity index (χ1n) is 8.29. The van der Waals surface area contributed by atoms with Gasteiger partial charge in [0, 0.05) is 13.2 Å². The van der Waals surface area contributed by atoms with E-state index >= 15 is 0 Å². The van der Waals surface area contributed by atoms with Crippen LogP contribution in [0.3, 0.4) is 0 Å². The lowest BCUT2D eigenvalue weighted by atomic mass is 10.4. The van der Waals surface area contributed by atoms with Gasteiger partial charge in [0.25, 0.3) is 0 Å². The zero-order valence-corrected chi connectivity index (χ0v) is 17.2. The second-order valence-electron chi connectivity index (χ2n) is 4.90. The summed E-state index contributed by atoms with van der Waals surface area (Å²) in [5.41, 5.74) is -1.27. The van der Waals surface area contributed by atoms with E-state index in [2.05, 4.69) is 4.98 Å². The van der Waals surface area contributed by atoms with Gasteiger partial charge < -0.3 is 23.0 Å². The Kier molecular flexibility index (Phi) is 9.28. The second kappa shape index (κ2) is 10.4. The monoisotopic (exact) mass is 394 g/mol. The third kappa shape index (κ3) is 5.61. The largest absolute Gasteiger partial charge is 0.365 e. The van der Waals surface area contributed by atoms with Crippen molar-refractivity contribution in [3.8, 4) is 0 Å². The van der Waals surface area contributed by atoms with E-state index < -0.39 is 20.7 Å². The molecule has 0 aromatic carbocycles. The predicted octanol–water partition coefficient (Wildman–Crippen LogP) is 4.33. The van der Waals surface area contributed by atoms with Crippen LogP contribution in [0.2, 0.25) is 0 Å². The molecule has 8 nitrogen and oxygen atoms in total. The van der Waals surface area contributed by atoms with Crippen molar-refractivity contribution in [2.24, 2.45) is 0 Å². The van der Waals surface area contributed by atoms with Crippen LogP contribution in [0.4, 0.5) is 5.82 Å². The highest BCUT2D eigenvalue weighted by atomic mass is 31.2. The molecule has 0 aliphatic heterocycles. The molecule has 0 saturated carbocycles. The fraction of sp³-hybridized carbons (Fsp3) is 0.667. The third-order valence-corrected chi connectivity index (χ3v) is 9.15. The van der Waals surface area contributed by atoms with Gasteiger partial charge in [0.1, 0.15) is 5.82 Å². The Labute approximate surface area is 149 Å². The summed E-state index contributed by atoms with van der Waals surface area (Å²) in [6, 6.07) is 5.23. The number of pyridine rings is 1. The molecule has 0 saturated heterocycles. The van der Waals surface area contributed by atoms with E-state index in [9.17, 15) is 9.13 Å². The molecule has 0 amide bonds. The quantitative estimate of drug-likeness (QED) is 0.484. The third-order valence-electron chi connectivity index (χ3n) is 3.16. The van der Waals surface area contributed by atoms with E-state index in [0.717, 1.165) is 0 Å². The molecule has 1 aromatic heterocycles. The summed E-state index contributed by atoms with van der Waals surface area (Å²) in [4.78, 5) is 5.71. The van der Waals surface area contributed by atoms with Gasteiger partial charge in [0.2, 0.25) is 5.52 Å². The van der Waals surface area contributed by atoms with Crippen LogP contribution >= 0.6 is 15.2 Å². The molecule has 0 bridgehead atoms. The molecular weight excluding hydrogens is 366 g/mol. The summed E-state index contributed by atoms with van der Waals surface area (Å²) in [6.07, 6.45) is 1.58. The van der Waals surface area contributed by atoms with Crippen LogP contribution in [0, 0.1) is 0 Å². The molecule has 0 spiro atoms. The Bertz CT molecular complexity index is 551. The van der Waals surface area contributed by atoms with Gasteiger partial charge in [-0.2, -0.15) is 0 Å². The van der Waals surface area contributed by atoms with Crippen molar-refractivity contribution in [2.75, 3.05) is 38.4 Å². The fourth-order valence-corrected chi connectivity index (χ4v) is 7.73. The molecule has 0 radical (unpaired) electrons. The number of nitrogens with zero attached hydrogens (tertiary/aromatic N) is 2. The molecular formula is C15H28N2O6P2. The molecule has 25 heavy (non-hydrogen) atoms. The molecule has 0 fully saturated rings. The fourth-order valence-electron chi connectivity index (χ4n) is 2.34. The standard InChI is InChI=1S/C15H28N2O6P2/c1-6-20-24(18,21-7-2)15(25(19,22-8-3)23-9-4)17(5)14-12-10-11-13-16-14/h10-13,15H,6-9H2,1-5H3. The van der Waals surface area contributed by atoms with Gasteiger partial charge in [-0.3, -0.25) is 9.13 Å². The summed E-state index contributed by atoms with van der Waals surface area (Å²) in [5, 5.41) is 0. The van der Waals surface area contributed by atoms with Crippen molar-refractivity contribution >= 4 is 21.0 Å². The minimum atomic E-state index is -3.86. The van der Waals surface area contributed by atoms with Gasteiger partial charge in [-0.1, -0.05) is 6.07 Å². The maximum absolute atomic E-state index is 13.5. The van der Waals surface area contributed by atoms with Crippen LogP contribution in [0.1, 0.15) is 27.7 Å². The second-order valence-corrected chi connectivity index (χ2v) is 9.47. The van der Waals surface area contributed by atoms with Crippen LogP contribution in [0.25, 0.3) is 0 Å². The molecule has 0 atom stereocenters. The lowest BCUT2D eigenvalue weighted by molar-refractivity contribution is 0.195. The summed E-state index contributed by atoms with van der Waals surface area (Å²) in [6.45, 7) is 7.27. The van der Waals surface area contributed by atoms with Crippen molar-refractivity contribution < 1.29 is 27.2 Å². The van der Waals surface area contributed by atoms with Crippen LogP contribution in [0.15, 0.2) is 24.4 Å². The molecule has 0 aliphatic carbocycles. The van der Waals surface area contributed by atoms with Crippen molar-refractivity contribution in [1.82, 2.24) is 4.98 Å². The number of aromatic nitrogens is 1. The zero-order chi connectivity index (χ0) is 18.9. The summed E-state index contributed by atoms with van der Waals surface area (Å²) >= 11 is 0. The molecule has 10 heteroatoms. The first-order chi connectivity index (χ1) is 11.9. The molecule has 1 rings (SSSR count). The van der Waals surface area contributed by atoms with E-state index in [1.807, 2.05) is 0 Å². The highest BCUT2D eigenvalue weighted by molar-refractivity contribution is 7.73. The predicted molar refractivity (Wildman–Crippen MR) is 98.1 cm³/mol. The average Bonchev–Trinajstić information content (AvgIpc) is 2.56. The molecule has 1 heterocycles. The minimum Gasteiger partial charge on any atom is -0.335 e. The highest BCUT2D eigenvalue weighted by Crippen LogP contribution is 2.71. The van der Waals surface area contributed by atoms with Gasteiger partial charge in [-0.05, 0) is 39.8 Å². The van der Waals surface area contributed by atoms with Crippen molar-refractivity contribution in [3.05, 3.63) is 24.4 Å². The van der Waals surface area contributed by atoms with Crippen molar-refractivity contribution in [1.29, 1.82) is 0 Å². The van der Waals surface area contributed by atoms with Gasteiger partial charge in [-0.15, -0.1) is 0 Å². The molecule has 0 aliphatic rings. The van der Waals surface area contributed by atoms with Gasteiger partial charge >= 0.3 is 15.2 Å². The van der Waals surface area contributed by atoms with Crippen molar-refractivity contribution in [2.45, 2.75) is 33.2 Å². The Morgan fingerprint density at radius 1 is 0.920 bits per heavy atom. The van der Waals surface area contributed by atoms with E-state index in [4.69, 9.17) is 18.1 Å². The Hall–Kier alpha value is -0.750. The maximum atomic E-state index is 13.5. The summed E-state index contributed by atoms with van der Waals surface area (Å²) in [5.74, 6) is 0.451. The van der Waals surface area contributed by atoms with Gasteiger partial charge in [0.05, 0.1) is 26.4 Å². The maximum Gasteiger partial charge on any atom is 0.365 e. The molecule has 0 unspecified atom stereocenters. The molecule has 144 valence electrons. The Balaban J connectivity index is 3.48. The first kappa shape index (κ1) is 22.3. The normalized spacial score (nSPS) is 12.6. The Morgan fingerprint density at radius 2 is 1.36 bits per heavy atom. The van der Waals surface area contributed by atoms with Crippen LogP contribution in [-0.4, -0.2) is 44.0 Å².